The third-order valence-electron chi connectivity index (χ3n) is 6.48. The van der Waals surface area contributed by atoms with Gasteiger partial charge in [-0.15, -0.1) is 0 Å². The first-order valence-corrected chi connectivity index (χ1v) is 14.4. The van der Waals surface area contributed by atoms with Crippen LogP contribution in [0.15, 0.2) is 54.6 Å². The highest BCUT2D eigenvalue weighted by atomic mass is 16.5. The predicted molar refractivity (Wildman–Crippen MR) is 153 cm³/mol. The third kappa shape index (κ3) is 13.5. The summed E-state index contributed by atoms with van der Waals surface area (Å²) in [5.74, 6) is 1.71. The number of hydrogen-bond acceptors (Lipinski definition) is 3. The lowest BCUT2D eigenvalue weighted by Crippen LogP contribution is -1.99. The predicted octanol–water partition coefficient (Wildman–Crippen LogP) is 9.84. The van der Waals surface area contributed by atoms with E-state index in [-0.39, 0.29) is 5.78 Å². The molecule has 0 bridgehead atoms. The molecule has 3 nitrogen and oxygen atoms in total. The molecular weight excluding hydrogens is 444 g/mol. The lowest BCUT2D eigenvalue weighted by molar-refractivity contribution is 0.104. The van der Waals surface area contributed by atoms with E-state index in [4.69, 9.17) is 9.47 Å². The zero-order valence-corrected chi connectivity index (χ0v) is 22.8. The molecule has 0 heterocycles. The molecule has 198 valence electrons. The minimum Gasteiger partial charge on any atom is -0.494 e. The number of allylic oxidation sites excluding steroid dienone is 1. The molecule has 0 aliphatic heterocycles. The fourth-order valence-corrected chi connectivity index (χ4v) is 4.16. The summed E-state index contributed by atoms with van der Waals surface area (Å²) in [6.07, 6.45) is 21.4. The van der Waals surface area contributed by atoms with Crippen LogP contribution in [0, 0.1) is 0 Å². The molecule has 2 aromatic rings. The van der Waals surface area contributed by atoms with Gasteiger partial charge in [-0.3, -0.25) is 4.79 Å². The van der Waals surface area contributed by atoms with E-state index in [9.17, 15) is 4.79 Å². The summed E-state index contributed by atoms with van der Waals surface area (Å²) < 4.78 is 11.7. The van der Waals surface area contributed by atoms with Crippen molar-refractivity contribution >= 4 is 11.9 Å². The van der Waals surface area contributed by atoms with Crippen LogP contribution in [0.25, 0.3) is 6.08 Å². The smallest absolute Gasteiger partial charge is 0.185 e. The van der Waals surface area contributed by atoms with E-state index < -0.39 is 0 Å². The lowest BCUT2D eigenvalue weighted by atomic mass is 10.1. The first-order valence-electron chi connectivity index (χ1n) is 14.4. The normalized spacial score (nSPS) is 11.2. The molecule has 0 aliphatic carbocycles. The largest absolute Gasteiger partial charge is 0.494 e. The van der Waals surface area contributed by atoms with Crippen LogP contribution in [0.5, 0.6) is 11.5 Å². The molecule has 2 rings (SSSR count). The van der Waals surface area contributed by atoms with Crippen molar-refractivity contribution in [2.45, 2.75) is 104 Å². The Kier molecular flexibility index (Phi) is 16.2. The van der Waals surface area contributed by atoms with Crippen LogP contribution in [-0.4, -0.2) is 19.0 Å². The number of benzene rings is 2. The maximum absolute atomic E-state index is 12.5. The Bertz CT molecular complexity index is 836. The van der Waals surface area contributed by atoms with E-state index >= 15 is 0 Å². The van der Waals surface area contributed by atoms with E-state index in [2.05, 4.69) is 13.8 Å². The number of hydrogen-bond donors (Lipinski definition) is 0. The zero-order chi connectivity index (χ0) is 25.7. The summed E-state index contributed by atoms with van der Waals surface area (Å²) in [6, 6.07) is 15.4. The van der Waals surface area contributed by atoms with Gasteiger partial charge in [-0.05, 0) is 60.9 Å². The standard InChI is InChI=1S/C33H48O3/c1-3-5-7-9-11-12-14-16-27-35-31-22-17-29(18-23-31)19-26-33(34)30-20-24-32(25-21-30)36-28-15-13-10-8-6-4-2/h17-26H,3-16,27-28H2,1-2H3/b26-19+. The van der Waals surface area contributed by atoms with E-state index in [1.165, 1.54) is 77.0 Å². The van der Waals surface area contributed by atoms with Gasteiger partial charge < -0.3 is 9.47 Å². The van der Waals surface area contributed by atoms with Gasteiger partial charge in [0.2, 0.25) is 0 Å². The minimum atomic E-state index is -0.00695. The number of carbonyl (C=O) groups is 1. The van der Waals surface area contributed by atoms with Crippen molar-refractivity contribution < 1.29 is 14.3 Å². The highest BCUT2D eigenvalue weighted by Crippen LogP contribution is 2.17. The second-order valence-electron chi connectivity index (χ2n) is 9.73. The highest BCUT2D eigenvalue weighted by molar-refractivity contribution is 6.06. The molecule has 0 unspecified atom stereocenters. The summed E-state index contributed by atoms with van der Waals surface area (Å²) in [7, 11) is 0. The molecule has 0 atom stereocenters. The molecule has 3 heteroatoms. The molecule has 0 fully saturated rings. The molecule has 0 spiro atoms. The van der Waals surface area contributed by atoms with Gasteiger partial charge in [0.25, 0.3) is 0 Å². The van der Waals surface area contributed by atoms with Crippen molar-refractivity contribution in [2.75, 3.05) is 13.2 Å². The highest BCUT2D eigenvalue weighted by Gasteiger charge is 2.03. The fourth-order valence-electron chi connectivity index (χ4n) is 4.16. The van der Waals surface area contributed by atoms with Crippen molar-refractivity contribution in [3.8, 4) is 11.5 Å². The molecule has 0 saturated heterocycles. The SMILES string of the molecule is CCCCCCCCCCOc1ccc(/C=C/C(=O)c2ccc(OCCCCCCCC)cc2)cc1. The number of rotatable bonds is 21. The number of ether oxygens (including phenoxy) is 2. The van der Waals surface area contributed by atoms with Crippen molar-refractivity contribution in [3.05, 3.63) is 65.7 Å². The maximum atomic E-state index is 12.5. The van der Waals surface area contributed by atoms with Crippen LogP contribution >= 0.6 is 0 Å². The lowest BCUT2D eigenvalue weighted by Gasteiger charge is -2.07. The summed E-state index contributed by atoms with van der Waals surface area (Å²) >= 11 is 0. The molecule has 0 aliphatic rings. The van der Waals surface area contributed by atoms with Gasteiger partial charge in [0.1, 0.15) is 11.5 Å². The topological polar surface area (TPSA) is 35.5 Å². The number of unbranched alkanes of at least 4 members (excludes halogenated alkanes) is 12. The number of ketones is 1. The van der Waals surface area contributed by atoms with E-state index in [1.807, 2.05) is 54.6 Å². The quantitative estimate of drug-likeness (QED) is 0.0988. The molecule has 36 heavy (non-hydrogen) atoms. The Morgan fingerprint density at radius 3 is 1.47 bits per heavy atom. The second-order valence-corrected chi connectivity index (χ2v) is 9.73. The first kappa shape index (κ1) is 29.7. The van der Waals surface area contributed by atoms with Crippen LogP contribution in [0.4, 0.5) is 0 Å². The van der Waals surface area contributed by atoms with E-state index in [0.29, 0.717) is 5.56 Å². The molecule has 0 aromatic heterocycles. The van der Waals surface area contributed by atoms with Gasteiger partial charge in [0, 0.05) is 5.56 Å². The Morgan fingerprint density at radius 1 is 0.583 bits per heavy atom. The number of carbonyl (C=O) groups excluding carboxylic acids is 1. The summed E-state index contributed by atoms with van der Waals surface area (Å²) in [5.41, 5.74) is 1.66. The Hall–Kier alpha value is -2.55. The second kappa shape index (κ2) is 19.6. The van der Waals surface area contributed by atoms with Crippen LogP contribution in [0.1, 0.15) is 120 Å². The van der Waals surface area contributed by atoms with Crippen molar-refractivity contribution in [2.24, 2.45) is 0 Å². The summed E-state index contributed by atoms with van der Waals surface area (Å²) in [6.45, 7) is 5.99. The monoisotopic (exact) mass is 492 g/mol. The van der Waals surface area contributed by atoms with Crippen LogP contribution in [0.2, 0.25) is 0 Å². The molecular formula is C33H48O3. The molecule has 2 aromatic carbocycles. The van der Waals surface area contributed by atoms with Crippen molar-refractivity contribution in [1.29, 1.82) is 0 Å². The average Bonchev–Trinajstić information content (AvgIpc) is 2.91. The van der Waals surface area contributed by atoms with Crippen LogP contribution < -0.4 is 9.47 Å². The van der Waals surface area contributed by atoms with Crippen LogP contribution in [0.3, 0.4) is 0 Å². The fraction of sp³-hybridized carbons (Fsp3) is 0.545. The third-order valence-corrected chi connectivity index (χ3v) is 6.48. The first-order chi connectivity index (χ1) is 17.7. The van der Waals surface area contributed by atoms with Gasteiger partial charge in [-0.25, -0.2) is 0 Å². The van der Waals surface area contributed by atoms with E-state index in [0.717, 1.165) is 43.1 Å². The summed E-state index contributed by atoms with van der Waals surface area (Å²) in [4.78, 5) is 12.5. The Labute approximate surface area is 220 Å². The van der Waals surface area contributed by atoms with Gasteiger partial charge in [-0.1, -0.05) is 109 Å². The molecule has 0 N–H and O–H groups in total. The summed E-state index contributed by atoms with van der Waals surface area (Å²) in [5, 5.41) is 0. The molecule has 0 saturated carbocycles. The molecule has 0 radical (unpaired) electrons. The zero-order valence-electron chi connectivity index (χ0n) is 22.8. The van der Waals surface area contributed by atoms with Gasteiger partial charge in [0.05, 0.1) is 13.2 Å². The Morgan fingerprint density at radius 2 is 1.00 bits per heavy atom. The Balaban J connectivity index is 1.63. The van der Waals surface area contributed by atoms with Gasteiger partial charge in [-0.2, -0.15) is 0 Å². The average molecular weight is 493 g/mol. The van der Waals surface area contributed by atoms with Crippen molar-refractivity contribution in [3.63, 3.8) is 0 Å². The maximum Gasteiger partial charge on any atom is 0.185 e. The van der Waals surface area contributed by atoms with Gasteiger partial charge in [0.15, 0.2) is 5.78 Å². The van der Waals surface area contributed by atoms with Crippen molar-refractivity contribution in [1.82, 2.24) is 0 Å². The van der Waals surface area contributed by atoms with Gasteiger partial charge >= 0.3 is 0 Å². The minimum absolute atomic E-state index is 0.00695. The van der Waals surface area contributed by atoms with E-state index in [1.54, 1.807) is 6.08 Å². The van der Waals surface area contributed by atoms with Crippen LogP contribution in [-0.2, 0) is 0 Å². The molecule has 0 amide bonds.